The summed E-state index contributed by atoms with van der Waals surface area (Å²) in [6.07, 6.45) is 3.99. The summed E-state index contributed by atoms with van der Waals surface area (Å²) in [5, 5.41) is 3.22. The molecule has 0 bridgehead atoms. The first-order valence-electron chi connectivity index (χ1n) is 5.04. The molecule has 0 amide bonds. The fourth-order valence-corrected chi connectivity index (χ4v) is 1.22. The number of methoxy groups -OCH3 is 1. The number of nitrogens with zero attached hydrogens (tertiary/aromatic N) is 2. The minimum Gasteiger partial charge on any atom is -0.383 e. The maximum atomic E-state index is 11.3. The van der Waals surface area contributed by atoms with Crippen LogP contribution < -0.4 is 10.9 Å². The molecule has 1 aromatic rings. The first-order chi connectivity index (χ1) is 7.34. The van der Waals surface area contributed by atoms with Gasteiger partial charge in [-0.05, 0) is 13.0 Å². The van der Waals surface area contributed by atoms with Crippen molar-refractivity contribution in [2.24, 2.45) is 0 Å². The van der Waals surface area contributed by atoms with Gasteiger partial charge in [0.2, 0.25) is 0 Å². The topological polar surface area (TPSA) is 56.1 Å². The van der Waals surface area contributed by atoms with Gasteiger partial charge >= 0.3 is 0 Å². The van der Waals surface area contributed by atoms with Gasteiger partial charge in [0.25, 0.3) is 5.56 Å². The normalized spacial score (nSPS) is 10.5. The molecule has 0 radical (unpaired) electrons. The Morgan fingerprint density at radius 3 is 3.13 bits per heavy atom. The fraction of sp³-hybridized carbons (Fsp3) is 0.600. The van der Waals surface area contributed by atoms with Gasteiger partial charge in [-0.15, -0.1) is 0 Å². The maximum Gasteiger partial charge on any atom is 0.253 e. The van der Waals surface area contributed by atoms with Crippen molar-refractivity contribution in [2.45, 2.75) is 13.0 Å². The lowest BCUT2D eigenvalue weighted by atomic mass is 10.4. The van der Waals surface area contributed by atoms with Crippen LogP contribution in [0.25, 0.3) is 0 Å². The highest BCUT2D eigenvalue weighted by Gasteiger charge is 1.93. The summed E-state index contributed by atoms with van der Waals surface area (Å²) in [6.45, 7) is 3.14. The Kier molecular flexibility index (Phi) is 5.65. The van der Waals surface area contributed by atoms with E-state index < -0.39 is 0 Å². The molecule has 1 rings (SSSR count). The van der Waals surface area contributed by atoms with Gasteiger partial charge in [-0.3, -0.25) is 9.36 Å². The van der Waals surface area contributed by atoms with Crippen LogP contribution in [0.1, 0.15) is 6.42 Å². The fourth-order valence-electron chi connectivity index (χ4n) is 1.22. The summed E-state index contributed by atoms with van der Waals surface area (Å²) in [5.41, 5.74) is 0.00175. The molecular formula is C10H17N3O2. The molecule has 5 nitrogen and oxygen atoms in total. The Morgan fingerprint density at radius 1 is 1.53 bits per heavy atom. The van der Waals surface area contributed by atoms with E-state index in [4.69, 9.17) is 4.74 Å². The van der Waals surface area contributed by atoms with Crippen molar-refractivity contribution in [2.75, 3.05) is 26.8 Å². The quantitative estimate of drug-likeness (QED) is 0.638. The predicted octanol–water partition coefficient (Wildman–Crippen LogP) is -0.131. The number of nitrogens with one attached hydrogen (secondary N) is 1. The lowest BCUT2D eigenvalue weighted by Gasteiger charge is -2.05. The lowest BCUT2D eigenvalue weighted by molar-refractivity contribution is 0.199. The van der Waals surface area contributed by atoms with Gasteiger partial charge in [-0.1, -0.05) is 0 Å². The molecule has 1 N–H and O–H groups in total. The van der Waals surface area contributed by atoms with E-state index in [0.717, 1.165) is 19.5 Å². The van der Waals surface area contributed by atoms with Crippen molar-refractivity contribution in [3.8, 4) is 0 Å². The molecule has 0 saturated heterocycles. The zero-order valence-corrected chi connectivity index (χ0v) is 8.98. The smallest absolute Gasteiger partial charge is 0.253 e. The molecule has 15 heavy (non-hydrogen) atoms. The Balaban J connectivity index is 2.15. The first kappa shape index (κ1) is 11.9. The van der Waals surface area contributed by atoms with Crippen molar-refractivity contribution in [1.82, 2.24) is 14.9 Å². The minimum absolute atomic E-state index is 0.00175. The van der Waals surface area contributed by atoms with Gasteiger partial charge < -0.3 is 10.1 Å². The molecule has 1 aromatic heterocycles. The maximum absolute atomic E-state index is 11.3. The van der Waals surface area contributed by atoms with Crippen LogP contribution in [0.5, 0.6) is 0 Å². The molecule has 0 aliphatic heterocycles. The summed E-state index contributed by atoms with van der Waals surface area (Å²) in [5.74, 6) is 0. The highest BCUT2D eigenvalue weighted by molar-refractivity contribution is 4.81. The van der Waals surface area contributed by atoms with E-state index in [0.29, 0.717) is 13.2 Å². The molecule has 0 aliphatic rings. The van der Waals surface area contributed by atoms with E-state index in [9.17, 15) is 4.79 Å². The Hall–Kier alpha value is -1.20. The number of hydrogen-bond donors (Lipinski definition) is 1. The van der Waals surface area contributed by atoms with E-state index in [2.05, 4.69) is 10.3 Å². The summed E-state index contributed by atoms with van der Waals surface area (Å²) in [6, 6.07) is 1.47. The van der Waals surface area contributed by atoms with Crippen LogP contribution in [0.3, 0.4) is 0 Å². The van der Waals surface area contributed by atoms with Gasteiger partial charge in [-0.2, -0.15) is 0 Å². The predicted molar refractivity (Wildman–Crippen MR) is 57.9 cm³/mol. The largest absolute Gasteiger partial charge is 0.383 e. The molecule has 1 heterocycles. The van der Waals surface area contributed by atoms with Crippen LogP contribution in [0.2, 0.25) is 0 Å². The third-order valence-corrected chi connectivity index (χ3v) is 2.03. The Morgan fingerprint density at radius 2 is 2.40 bits per heavy atom. The van der Waals surface area contributed by atoms with Crippen molar-refractivity contribution >= 4 is 0 Å². The summed E-state index contributed by atoms with van der Waals surface area (Å²) >= 11 is 0. The average Bonchev–Trinajstić information content (AvgIpc) is 2.25. The molecule has 0 saturated carbocycles. The second-order valence-electron chi connectivity index (χ2n) is 3.21. The van der Waals surface area contributed by atoms with Crippen LogP contribution in [-0.4, -0.2) is 36.4 Å². The third-order valence-electron chi connectivity index (χ3n) is 2.03. The van der Waals surface area contributed by atoms with Gasteiger partial charge in [0, 0.05) is 32.5 Å². The minimum atomic E-state index is 0.00175. The standard InChI is InChI=1S/C10H17N3O2/c1-15-8-6-11-4-2-7-13-9-12-5-3-10(13)14/h3,5,9,11H,2,4,6-8H2,1H3. The van der Waals surface area contributed by atoms with Crippen molar-refractivity contribution < 1.29 is 4.74 Å². The second kappa shape index (κ2) is 7.14. The van der Waals surface area contributed by atoms with E-state index >= 15 is 0 Å². The number of rotatable bonds is 7. The highest BCUT2D eigenvalue weighted by Crippen LogP contribution is 1.83. The first-order valence-corrected chi connectivity index (χ1v) is 5.04. The van der Waals surface area contributed by atoms with Crippen LogP contribution in [0.15, 0.2) is 23.4 Å². The van der Waals surface area contributed by atoms with Crippen molar-refractivity contribution in [3.05, 3.63) is 28.9 Å². The number of ether oxygens (including phenoxy) is 1. The zero-order valence-electron chi connectivity index (χ0n) is 8.98. The van der Waals surface area contributed by atoms with Crippen LogP contribution in [0.4, 0.5) is 0 Å². The molecule has 5 heteroatoms. The molecule has 0 aromatic carbocycles. The lowest BCUT2D eigenvalue weighted by Crippen LogP contribution is -2.24. The zero-order chi connectivity index (χ0) is 10.9. The van der Waals surface area contributed by atoms with Gasteiger partial charge in [0.05, 0.1) is 12.9 Å². The highest BCUT2D eigenvalue weighted by atomic mass is 16.5. The SMILES string of the molecule is COCCNCCCn1cnccc1=O. The molecule has 0 fully saturated rings. The van der Waals surface area contributed by atoms with E-state index in [1.54, 1.807) is 18.0 Å². The number of aryl methyl sites for hydroxylation is 1. The molecule has 0 unspecified atom stereocenters. The average molecular weight is 211 g/mol. The number of aromatic nitrogens is 2. The molecule has 0 aliphatic carbocycles. The Bertz CT molecular complexity index is 324. The third kappa shape index (κ3) is 4.71. The van der Waals surface area contributed by atoms with Crippen LogP contribution >= 0.6 is 0 Å². The summed E-state index contributed by atoms with van der Waals surface area (Å²) in [7, 11) is 1.68. The summed E-state index contributed by atoms with van der Waals surface area (Å²) in [4.78, 5) is 15.2. The van der Waals surface area contributed by atoms with Gasteiger partial charge in [-0.25, -0.2) is 4.98 Å². The van der Waals surface area contributed by atoms with Crippen molar-refractivity contribution in [3.63, 3.8) is 0 Å². The van der Waals surface area contributed by atoms with Crippen LogP contribution in [0, 0.1) is 0 Å². The molecule has 0 atom stereocenters. The Labute approximate surface area is 89.1 Å². The number of hydrogen-bond acceptors (Lipinski definition) is 4. The van der Waals surface area contributed by atoms with Gasteiger partial charge in [0.15, 0.2) is 0 Å². The molecular weight excluding hydrogens is 194 g/mol. The van der Waals surface area contributed by atoms with E-state index in [1.807, 2.05) is 0 Å². The molecule has 84 valence electrons. The summed E-state index contributed by atoms with van der Waals surface area (Å²) < 4.78 is 6.51. The monoisotopic (exact) mass is 211 g/mol. The van der Waals surface area contributed by atoms with Gasteiger partial charge in [0.1, 0.15) is 0 Å². The second-order valence-corrected chi connectivity index (χ2v) is 3.21. The molecule has 0 spiro atoms. The van der Waals surface area contributed by atoms with E-state index in [-0.39, 0.29) is 5.56 Å². The van der Waals surface area contributed by atoms with E-state index in [1.165, 1.54) is 12.3 Å². The van der Waals surface area contributed by atoms with Crippen molar-refractivity contribution in [1.29, 1.82) is 0 Å². The van der Waals surface area contributed by atoms with Crippen LogP contribution in [-0.2, 0) is 11.3 Å².